The quantitative estimate of drug-likeness (QED) is 0.137. The van der Waals surface area contributed by atoms with Crippen molar-refractivity contribution in [2.24, 2.45) is 0 Å². The largest absolute Gasteiger partial charge is 0.0683 e. The Labute approximate surface area is 335 Å². The van der Waals surface area contributed by atoms with Gasteiger partial charge in [-0.25, -0.2) is 0 Å². The third-order valence-corrected chi connectivity index (χ3v) is 8.44. The molecule has 6 aromatic rings. The Kier molecular flexibility index (Phi) is 32.1. The van der Waals surface area contributed by atoms with Crippen LogP contribution in [0.1, 0.15) is 155 Å². The molecule has 0 nitrogen and oxygen atoms in total. The van der Waals surface area contributed by atoms with Gasteiger partial charge in [0, 0.05) is 0 Å². The molecule has 0 N–H and O–H groups in total. The molecule has 0 radical (unpaired) electrons. The van der Waals surface area contributed by atoms with Crippen molar-refractivity contribution >= 4 is 21.5 Å². The van der Waals surface area contributed by atoms with Crippen LogP contribution < -0.4 is 0 Å². The molecule has 0 aliphatic carbocycles. The average molecular weight is 729 g/mol. The molecular formula is C54H80. The van der Waals surface area contributed by atoms with Crippen LogP contribution in [0.25, 0.3) is 21.5 Å². The number of rotatable bonds is 8. The fourth-order valence-corrected chi connectivity index (χ4v) is 5.57. The maximum Gasteiger partial charge on any atom is -0.00258 e. The fourth-order valence-electron chi connectivity index (χ4n) is 5.57. The van der Waals surface area contributed by atoms with Crippen LogP contribution in [0.3, 0.4) is 0 Å². The molecule has 0 amide bonds. The molecular weight excluding hydrogens is 649 g/mol. The summed E-state index contributed by atoms with van der Waals surface area (Å²) in [6, 6.07) is 45.2. The number of fused-ring (bicyclic) bond motifs is 2. The number of hydrogen-bond acceptors (Lipinski definition) is 0. The Morgan fingerprint density at radius 1 is 0.222 bits per heavy atom. The van der Waals surface area contributed by atoms with Gasteiger partial charge in [-0.1, -0.05) is 220 Å². The number of benzene rings is 6. The Bertz CT molecular complexity index is 1590. The van der Waals surface area contributed by atoms with E-state index < -0.39 is 0 Å². The lowest BCUT2D eigenvalue weighted by Gasteiger charge is -2.07. The Morgan fingerprint density at radius 3 is 0.648 bits per heavy atom. The minimum Gasteiger partial charge on any atom is -0.0683 e. The van der Waals surface area contributed by atoms with Crippen LogP contribution in [-0.2, 0) is 38.5 Å². The summed E-state index contributed by atoms with van der Waals surface area (Å²) in [4.78, 5) is 0. The van der Waals surface area contributed by atoms with Crippen molar-refractivity contribution in [3.05, 3.63) is 166 Å². The van der Waals surface area contributed by atoms with E-state index in [2.05, 4.69) is 149 Å². The molecule has 0 fully saturated rings. The molecule has 296 valence electrons. The number of hydrogen-bond donors (Lipinski definition) is 0. The monoisotopic (exact) mass is 729 g/mol. The zero-order valence-corrected chi connectivity index (χ0v) is 37.8. The predicted molar refractivity (Wildman–Crippen MR) is 252 cm³/mol. The minimum atomic E-state index is 1.01. The molecule has 6 rings (SSSR count). The van der Waals surface area contributed by atoms with Gasteiger partial charge in [0.1, 0.15) is 0 Å². The second-order valence-corrected chi connectivity index (χ2v) is 11.4. The standard InChI is InChI=1S/C24H26.C18H18.6C2H6/c1-3-19-5-9-21(10-6-19)17-23-13-15-24(16-14-23)18-22-11-7-20(4-2)8-12-22;1-3-13-5-7-15-12-18-10-14(4-2)6-8-16(18)11-17(15)9-13;6*1-2/h5-16H,3-4,17-18H2,1-2H3;5-12H,3-4H2,1-2H3;6*1-2H3. The highest BCUT2D eigenvalue weighted by Gasteiger charge is 2.02. The smallest absolute Gasteiger partial charge is 0.00258 e. The lowest BCUT2D eigenvalue weighted by atomic mass is 9.99. The topological polar surface area (TPSA) is 0 Å². The molecule has 0 aromatic heterocycles. The van der Waals surface area contributed by atoms with Gasteiger partial charge in [-0.3, -0.25) is 0 Å². The first-order valence-electron chi connectivity index (χ1n) is 21.8. The van der Waals surface area contributed by atoms with Crippen LogP contribution in [0.4, 0.5) is 0 Å². The molecule has 0 aliphatic heterocycles. The van der Waals surface area contributed by atoms with Gasteiger partial charge in [0.15, 0.2) is 0 Å². The van der Waals surface area contributed by atoms with Gasteiger partial charge in [0.2, 0.25) is 0 Å². The summed E-state index contributed by atoms with van der Waals surface area (Å²) in [5.41, 5.74) is 11.2. The molecule has 0 atom stereocenters. The Hall–Kier alpha value is -4.16. The molecule has 0 heteroatoms. The van der Waals surface area contributed by atoms with Crippen LogP contribution in [0.2, 0.25) is 0 Å². The van der Waals surface area contributed by atoms with E-state index in [0.29, 0.717) is 0 Å². The van der Waals surface area contributed by atoms with Gasteiger partial charge in [-0.2, -0.15) is 0 Å². The third-order valence-electron chi connectivity index (χ3n) is 8.44. The van der Waals surface area contributed by atoms with Gasteiger partial charge in [0.05, 0.1) is 0 Å². The Balaban J connectivity index is 0. The first kappa shape index (κ1) is 51.9. The van der Waals surface area contributed by atoms with E-state index in [0.717, 1.165) is 38.5 Å². The molecule has 0 saturated carbocycles. The summed E-state index contributed by atoms with van der Waals surface area (Å²) >= 11 is 0. The number of aryl methyl sites for hydroxylation is 4. The molecule has 0 spiro atoms. The second-order valence-electron chi connectivity index (χ2n) is 11.4. The fraction of sp³-hybridized carbons (Fsp3) is 0.407. The third kappa shape index (κ3) is 18.2. The van der Waals surface area contributed by atoms with E-state index in [9.17, 15) is 0 Å². The van der Waals surface area contributed by atoms with Crippen molar-refractivity contribution in [3.8, 4) is 0 Å². The van der Waals surface area contributed by atoms with E-state index in [-0.39, 0.29) is 0 Å². The summed E-state index contributed by atoms with van der Waals surface area (Å²) in [5, 5.41) is 5.39. The van der Waals surface area contributed by atoms with E-state index in [1.165, 1.54) is 66.1 Å². The zero-order valence-electron chi connectivity index (χ0n) is 37.8. The summed E-state index contributed by atoms with van der Waals surface area (Å²) in [5.74, 6) is 0. The maximum atomic E-state index is 2.31. The summed E-state index contributed by atoms with van der Waals surface area (Å²) < 4.78 is 0. The SMILES string of the molecule is CC.CC.CC.CC.CC.CC.CCc1ccc(Cc2ccc(Cc3ccc(CC)cc3)cc2)cc1.CCc1ccc2cc3cc(CC)ccc3cc2c1. The molecule has 0 bridgehead atoms. The molecule has 0 aliphatic rings. The van der Waals surface area contributed by atoms with Crippen molar-refractivity contribution in [2.45, 2.75) is 149 Å². The van der Waals surface area contributed by atoms with Gasteiger partial charge in [-0.05, 0) is 117 Å². The van der Waals surface area contributed by atoms with Crippen LogP contribution >= 0.6 is 0 Å². The highest BCUT2D eigenvalue weighted by molar-refractivity contribution is 5.98. The van der Waals surface area contributed by atoms with E-state index in [4.69, 9.17) is 0 Å². The highest BCUT2D eigenvalue weighted by atomic mass is 14.1. The van der Waals surface area contributed by atoms with Gasteiger partial charge in [0.25, 0.3) is 0 Å². The van der Waals surface area contributed by atoms with Crippen LogP contribution in [0, 0.1) is 0 Å². The average Bonchev–Trinajstić information content (AvgIpc) is 3.28. The van der Waals surface area contributed by atoms with E-state index in [1.54, 1.807) is 0 Å². The van der Waals surface area contributed by atoms with Crippen molar-refractivity contribution in [2.75, 3.05) is 0 Å². The lowest BCUT2D eigenvalue weighted by molar-refractivity contribution is 1.11. The van der Waals surface area contributed by atoms with Gasteiger partial charge in [-0.15, -0.1) is 0 Å². The summed E-state index contributed by atoms with van der Waals surface area (Å²) in [6.07, 6.45) is 6.43. The molecule has 0 unspecified atom stereocenters. The normalized spacial score (nSPS) is 9.19. The molecule has 6 aromatic carbocycles. The van der Waals surface area contributed by atoms with Crippen molar-refractivity contribution in [1.29, 1.82) is 0 Å². The van der Waals surface area contributed by atoms with Gasteiger partial charge < -0.3 is 0 Å². The first-order valence-corrected chi connectivity index (χ1v) is 21.8. The summed E-state index contributed by atoms with van der Waals surface area (Å²) in [7, 11) is 0. The predicted octanol–water partition coefficient (Wildman–Crippen LogP) is 17.3. The maximum absolute atomic E-state index is 2.31. The Morgan fingerprint density at radius 2 is 0.426 bits per heavy atom. The molecule has 0 saturated heterocycles. The van der Waals surface area contributed by atoms with Gasteiger partial charge >= 0.3 is 0 Å². The van der Waals surface area contributed by atoms with Crippen molar-refractivity contribution in [1.82, 2.24) is 0 Å². The van der Waals surface area contributed by atoms with Crippen molar-refractivity contribution in [3.63, 3.8) is 0 Å². The molecule has 0 heterocycles. The lowest BCUT2D eigenvalue weighted by Crippen LogP contribution is -1.92. The second kappa shape index (κ2) is 33.4. The van der Waals surface area contributed by atoms with E-state index in [1.807, 2.05) is 83.1 Å². The molecule has 54 heavy (non-hydrogen) atoms. The van der Waals surface area contributed by atoms with Crippen LogP contribution in [-0.4, -0.2) is 0 Å². The van der Waals surface area contributed by atoms with Crippen LogP contribution in [0.5, 0.6) is 0 Å². The first-order chi connectivity index (χ1) is 26.6. The highest BCUT2D eigenvalue weighted by Crippen LogP contribution is 2.25. The zero-order chi connectivity index (χ0) is 41.3. The van der Waals surface area contributed by atoms with Crippen LogP contribution in [0.15, 0.2) is 121 Å². The minimum absolute atomic E-state index is 1.01. The summed E-state index contributed by atoms with van der Waals surface area (Å²) in [6.45, 7) is 32.8. The van der Waals surface area contributed by atoms with Crippen molar-refractivity contribution < 1.29 is 0 Å². The van der Waals surface area contributed by atoms with E-state index >= 15 is 0 Å².